The number of hydrogen-bond acceptors (Lipinski definition) is 3. The van der Waals surface area contributed by atoms with Crippen molar-refractivity contribution in [3.05, 3.63) is 53.8 Å². The van der Waals surface area contributed by atoms with Gasteiger partial charge >= 0.3 is 0 Å². The van der Waals surface area contributed by atoms with Crippen LogP contribution < -0.4 is 9.04 Å². The van der Waals surface area contributed by atoms with Gasteiger partial charge in [0.25, 0.3) is 10.0 Å². The van der Waals surface area contributed by atoms with Crippen molar-refractivity contribution in [2.75, 3.05) is 11.4 Å². The minimum absolute atomic E-state index is 0.125. The van der Waals surface area contributed by atoms with Gasteiger partial charge in [0.1, 0.15) is 16.5 Å². The van der Waals surface area contributed by atoms with Gasteiger partial charge < -0.3 is 4.74 Å². The molecular formula is C18H18F3NO3S. The number of hydrogen-bond donors (Lipinski definition) is 0. The first kappa shape index (κ1) is 18.6. The summed E-state index contributed by atoms with van der Waals surface area (Å²) in [4.78, 5) is -0.889. The lowest BCUT2D eigenvalue weighted by Crippen LogP contribution is -2.40. The number of halogens is 3. The second-order valence-electron chi connectivity index (χ2n) is 6.27. The van der Waals surface area contributed by atoms with Gasteiger partial charge in [-0.1, -0.05) is 0 Å². The smallest absolute Gasteiger partial charge is 0.267 e. The van der Waals surface area contributed by atoms with Crippen molar-refractivity contribution in [2.45, 2.75) is 30.7 Å². The van der Waals surface area contributed by atoms with E-state index < -0.39 is 38.4 Å². The number of benzene rings is 2. The lowest BCUT2D eigenvalue weighted by atomic mass is 10.2. The average molecular weight is 385 g/mol. The molecular weight excluding hydrogens is 367 g/mol. The molecule has 4 nitrogen and oxygen atoms in total. The molecule has 1 unspecified atom stereocenters. The summed E-state index contributed by atoms with van der Waals surface area (Å²) in [6, 6.07) is 6.41. The highest BCUT2D eigenvalue weighted by Crippen LogP contribution is 2.40. The number of methoxy groups -OCH3 is 1. The van der Waals surface area contributed by atoms with Crippen molar-refractivity contribution in [3.63, 3.8) is 0 Å². The van der Waals surface area contributed by atoms with Crippen LogP contribution in [0.1, 0.15) is 19.8 Å². The predicted molar refractivity (Wildman–Crippen MR) is 91.2 cm³/mol. The van der Waals surface area contributed by atoms with E-state index in [2.05, 4.69) is 0 Å². The molecule has 26 heavy (non-hydrogen) atoms. The Bertz CT molecular complexity index is 912. The van der Waals surface area contributed by atoms with Gasteiger partial charge in [0.15, 0.2) is 11.6 Å². The third kappa shape index (κ3) is 3.38. The topological polar surface area (TPSA) is 46.6 Å². The molecule has 2 aromatic carbocycles. The Kier molecular flexibility index (Phi) is 4.88. The molecule has 0 spiro atoms. The largest absolute Gasteiger partial charge is 0.497 e. The zero-order valence-electron chi connectivity index (χ0n) is 14.2. The third-order valence-electron chi connectivity index (χ3n) is 4.51. The quantitative estimate of drug-likeness (QED) is 0.703. The van der Waals surface area contributed by atoms with E-state index in [1.165, 1.54) is 19.2 Å². The van der Waals surface area contributed by atoms with E-state index >= 15 is 0 Å². The van der Waals surface area contributed by atoms with Gasteiger partial charge in [-0.15, -0.1) is 0 Å². The molecule has 0 aliphatic heterocycles. The number of anilines is 1. The number of rotatable bonds is 6. The molecule has 0 bridgehead atoms. The maximum absolute atomic E-state index is 14.2. The molecule has 0 aromatic heterocycles. The molecule has 3 rings (SSSR count). The van der Waals surface area contributed by atoms with Crippen LogP contribution in [0.4, 0.5) is 18.9 Å². The van der Waals surface area contributed by atoms with Crippen molar-refractivity contribution < 1.29 is 26.3 Å². The first-order chi connectivity index (χ1) is 12.3. The van der Waals surface area contributed by atoms with Crippen LogP contribution in [0.15, 0.2) is 41.3 Å². The molecule has 1 fully saturated rings. The standard InChI is InChI=1S/C18H18F3NO3S/c1-11(12-3-4-12)22(13-5-7-14(25-2)8-6-13)26(23,24)18-10-16(20)15(19)9-17(18)21/h5-12H,3-4H2,1-2H3. The lowest BCUT2D eigenvalue weighted by Gasteiger charge is -2.31. The molecule has 0 amide bonds. The van der Waals surface area contributed by atoms with Crippen LogP contribution in [0.5, 0.6) is 5.75 Å². The zero-order chi connectivity index (χ0) is 19.1. The highest BCUT2D eigenvalue weighted by atomic mass is 32.2. The highest BCUT2D eigenvalue weighted by molar-refractivity contribution is 7.92. The predicted octanol–water partition coefficient (Wildman–Crippen LogP) is 4.11. The summed E-state index contributed by atoms with van der Waals surface area (Å²) in [7, 11) is -2.96. The summed E-state index contributed by atoms with van der Waals surface area (Å²) in [5.74, 6) is -3.53. The Balaban J connectivity index is 2.12. The van der Waals surface area contributed by atoms with E-state index in [1.807, 2.05) is 0 Å². The van der Waals surface area contributed by atoms with Crippen LogP contribution in [0, 0.1) is 23.4 Å². The maximum Gasteiger partial charge on any atom is 0.267 e. The summed E-state index contributed by atoms with van der Waals surface area (Å²) in [6.07, 6.45) is 1.70. The fourth-order valence-electron chi connectivity index (χ4n) is 2.90. The van der Waals surface area contributed by atoms with Crippen LogP contribution in [0.25, 0.3) is 0 Å². The first-order valence-corrected chi connectivity index (χ1v) is 9.52. The average Bonchev–Trinajstić information content (AvgIpc) is 3.43. The van der Waals surface area contributed by atoms with Gasteiger partial charge in [-0.3, -0.25) is 4.31 Å². The Hall–Kier alpha value is -2.22. The molecule has 8 heteroatoms. The third-order valence-corrected chi connectivity index (χ3v) is 6.44. The van der Waals surface area contributed by atoms with Gasteiger partial charge in [0.05, 0.1) is 12.8 Å². The van der Waals surface area contributed by atoms with Crippen LogP contribution in [-0.2, 0) is 10.0 Å². The molecule has 140 valence electrons. The monoisotopic (exact) mass is 385 g/mol. The van der Waals surface area contributed by atoms with E-state index in [0.717, 1.165) is 17.1 Å². The van der Waals surface area contributed by atoms with E-state index in [4.69, 9.17) is 4.74 Å². The minimum Gasteiger partial charge on any atom is -0.497 e. The van der Waals surface area contributed by atoms with E-state index in [9.17, 15) is 21.6 Å². The molecule has 0 radical (unpaired) electrons. The Morgan fingerprint density at radius 2 is 1.62 bits per heavy atom. The normalized spacial score (nSPS) is 15.6. The van der Waals surface area contributed by atoms with Crippen molar-refractivity contribution >= 4 is 15.7 Å². The lowest BCUT2D eigenvalue weighted by molar-refractivity contribution is 0.415. The summed E-state index contributed by atoms with van der Waals surface area (Å²) in [5.41, 5.74) is 0.300. The molecule has 0 N–H and O–H groups in total. The highest BCUT2D eigenvalue weighted by Gasteiger charge is 2.40. The van der Waals surface area contributed by atoms with Crippen molar-refractivity contribution in [1.29, 1.82) is 0 Å². The molecule has 2 aromatic rings. The SMILES string of the molecule is COc1ccc(N(C(C)C2CC2)S(=O)(=O)c2cc(F)c(F)cc2F)cc1. The van der Waals surface area contributed by atoms with E-state index in [1.54, 1.807) is 19.1 Å². The summed E-state index contributed by atoms with van der Waals surface area (Å²) < 4.78 is 73.3. The molecule has 0 heterocycles. The number of sulfonamides is 1. The molecule has 0 saturated heterocycles. The van der Waals surface area contributed by atoms with Crippen molar-refractivity contribution in [3.8, 4) is 5.75 Å². The second-order valence-corrected chi connectivity index (χ2v) is 8.06. The summed E-state index contributed by atoms with van der Waals surface area (Å²) >= 11 is 0. The van der Waals surface area contributed by atoms with Crippen LogP contribution in [0.3, 0.4) is 0 Å². The first-order valence-electron chi connectivity index (χ1n) is 8.08. The minimum atomic E-state index is -4.44. The van der Waals surface area contributed by atoms with Crippen LogP contribution in [0.2, 0.25) is 0 Å². The van der Waals surface area contributed by atoms with Crippen molar-refractivity contribution in [1.82, 2.24) is 0 Å². The van der Waals surface area contributed by atoms with Gasteiger partial charge in [-0.25, -0.2) is 21.6 Å². The van der Waals surface area contributed by atoms with Crippen LogP contribution in [-0.4, -0.2) is 21.6 Å². The van der Waals surface area contributed by atoms with E-state index in [-0.39, 0.29) is 12.0 Å². The summed E-state index contributed by atoms with van der Waals surface area (Å²) in [5, 5.41) is 0. The molecule has 1 atom stereocenters. The second kappa shape index (κ2) is 6.83. The zero-order valence-corrected chi connectivity index (χ0v) is 15.1. The van der Waals surface area contributed by atoms with Gasteiger partial charge in [-0.05, 0) is 49.9 Å². The number of ether oxygens (including phenoxy) is 1. The Morgan fingerprint density at radius 1 is 1.04 bits per heavy atom. The van der Waals surface area contributed by atoms with Gasteiger partial charge in [0.2, 0.25) is 0 Å². The van der Waals surface area contributed by atoms with Gasteiger partial charge in [-0.2, -0.15) is 0 Å². The Labute approximate surface area is 150 Å². The van der Waals surface area contributed by atoms with Crippen LogP contribution >= 0.6 is 0 Å². The molecule has 1 aliphatic rings. The fraction of sp³-hybridized carbons (Fsp3) is 0.333. The molecule has 1 aliphatic carbocycles. The van der Waals surface area contributed by atoms with Gasteiger partial charge in [0, 0.05) is 18.2 Å². The van der Waals surface area contributed by atoms with Crippen molar-refractivity contribution in [2.24, 2.45) is 5.92 Å². The fourth-order valence-corrected chi connectivity index (χ4v) is 4.68. The van der Waals surface area contributed by atoms with E-state index in [0.29, 0.717) is 17.5 Å². The number of nitrogens with zero attached hydrogens (tertiary/aromatic N) is 1. The summed E-state index contributed by atoms with van der Waals surface area (Å²) in [6.45, 7) is 1.72. The maximum atomic E-state index is 14.2. The molecule has 1 saturated carbocycles. The Morgan fingerprint density at radius 3 is 2.15 bits per heavy atom.